The topological polar surface area (TPSA) is 501 Å². The monoisotopic (exact) mass is 1170 g/mol. The van der Waals surface area contributed by atoms with Crippen LogP contribution in [0.3, 0.4) is 0 Å². The number of aliphatic carboxylic acids is 2. The van der Waals surface area contributed by atoms with Crippen molar-refractivity contribution in [3.63, 3.8) is 0 Å². The second-order valence-electron chi connectivity index (χ2n) is 18.5. The Kier molecular flexibility index (Phi) is 27.2. The number of guanidine groups is 2. The first-order valence-electron chi connectivity index (χ1n) is 25.1. The van der Waals surface area contributed by atoms with Gasteiger partial charge in [-0.15, -0.1) is 0 Å². The Morgan fingerprint density at radius 3 is 1.69 bits per heavy atom. The minimum absolute atomic E-state index is 0.00978. The van der Waals surface area contributed by atoms with Crippen LogP contribution in [0.2, 0.25) is 0 Å². The van der Waals surface area contributed by atoms with E-state index in [0.717, 1.165) is 35.4 Å². The standard InChI is InChI=1S/C47H71FN16O14S2/c1-21(48)36(68)62-32-19-79-80-20-33(45(77)78)63-38(70)22(2)56-42(74)31(17-25-18-55-27-10-6-5-9-26(25)27)61-37(69)23(3)57-44(76)35(24(4)65)64-41(73)30(13-14-34(66)67)60-40(72)28(11-7-15-53-46(49)50)58-39(71)29(59-43(32)75)12-8-16-54-47(51)52/h5-6,9-10,18,21-24,28-33,35,55,65H,7-8,11-17,19-20H2,1-4H3,(H,56,74)(H,57,76)(H,58,71)(H,59,75)(H,60,72)(H,61,69)(H,62,68)(H,63,70)(H,64,73)(H,66,67)(H,77,78)(H4,49,50,53)(H4,51,52,54)/t21?,22-,23-,24+,28-,29?,30?,31-,32-,33-,35-/m0/s1/i48-1. The molecule has 442 valence electrons. The molecule has 1 aliphatic heterocycles. The molecule has 1 aromatic carbocycles. The van der Waals surface area contributed by atoms with Crippen molar-refractivity contribution in [3.05, 3.63) is 36.0 Å². The van der Waals surface area contributed by atoms with Crippen LogP contribution >= 0.6 is 21.6 Å². The largest absolute Gasteiger partial charge is 0.481 e. The number of nitrogens with two attached hydrogens (primary N) is 4. The predicted molar refractivity (Wildman–Crippen MR) is 292 cm³/mol. The number of carboxylic acid groups (broad SMARTS) is 2. The first-order valence-corrected chi connectivity index (χ1v) is 27.6. The summed E-state index contributed by atoms with van der Waals surface area (Å²) in [4.78, 5) is 159. The number of para-hydroxylation sites is 1. The van der Waals surface area contributed by atoms with Gasteiger partial charge in [0.15, 0.2) is 18.1 Å². The summed E-state index contributed by atoms with van der Waals surface area (Å²) in [6.07, 6.45) is -4.31. The number of halogens is 1. The number of hydrogen-bond donors (Lipinski definition) is 17. The first-order chi connectivity index (χ1) is 37.7. The van der Waals surface area contributed by atoms with Gasteiger partial charge in [0.2, 0.25) is 47.3 Å². The normalized spacial score (nSPS) is 24.6. The lowest BCUT2D eigenvalue weighted by Crippen LogP contribution is -2.61. The smallest absolute Gasteiger partial charge is 0.327 e. The van der Waals surface area contributed by atoms with Crippen LogP contribution in [0.4, 0.5) is 4.39 Å². The molecule has 1 fully saturated rings. The minimum Gasteiger partial charge on any atom is -0.481 e. The van der Waals surface area contributed by atoms with Gasteiger partial charge in [-0.25, -0.2) is 9.18 Å². The van der Waals surface area contributed by atoms with Gasteiger partial charge < -0.3 is 91.1 Å². The molecule has 2 heterocycles. The van der Waals surface area contributed by atoms with Crippen LogP contribution in [-0.2, 0) is 59.2 Å². The van der Waals surface area contributed by atoms with Crippen molar-refractivity contribution < 1.29 is 72.4 Å². The van der Waals surface area contributed by atoms with Crippen LogP contribution in [0.25, 0.3) is 10.9 Å². The molecule has 2 aromatic rings. The highest BCUT2D eigenvalue weighted by molar-refractivity contribution is 8.76. The fraction of sp³-hybridized carbons (Fsp3) is 0.553. The number of aliphatic hydroxyl groups excluding tert-OH is 1. The van der Waals surface area contributed by atoms with E-state index in [1.54, 1.807) is 30.5 Å². The maximum absolute atomic E-state index is 14.3. The molecule has 1 aliphatic rings. The van der Waals surface area contributed by atoms with E-state index in [0.29, 0.717) is 16.5 Å². The molecule has 80 heavy (non-hydrogen) atoms. The number of aliphatic hydroxyl groups is 1. The van der Waals surface area contributed by atoms with E-state index < -0.39 is 150 Å². The molecule has 0 spiro atoms. The van der Waals surface area contributed by atoms with E-state index in [4.69, 9.17) is 22.9 Å². The number of aromatic amines is 1. The lowest BCUT2D eigenvalue weighted by molar-refractivity contribution is -0.141. The molecule has 21 N–H and O–H groups in total. The van der Waals surface area contributed by atoms with E-state index in [1.165, 1.54) is 13.8 Å². The lowest BCUT2D eigenvalue weighted by Gasteiger charge is -2.28. The van der Waals surface area contributed by atoms with Gasteiger partial charge >= 0.3 is 11.9 Å². The summed E-state index contributed by atoms with van der Waals surface area (Å²) >= 11 is 0. The number of nitrogens with zero attached hydrogens (tertiary/aromatic N) is 2. The molecule has 0 bridgehead atoms. The molecule has 1 saturated heterocycles. The average Bonchev–Trinajstić information content (AvgIpc) is 3.79. The summed E-state index contributed by atoms with van der Waals surface area (Å²) in [7, 11) is 1.63. The third-order valence-corrected chi connectivity index (χ3v) is 14.3. The van der Waals surface area contributed by atoms with Gasteiger partial charge in [0, 0.05) is 54.5 Å². The van der Waals surface area contributed by atoms with Crippen molar-refractivity contribution in [2.24, 2.45) is 32.9 Å². The van der Waals surface area contributed by atoms with Crippen molar-refractivity contribution in [2.45, 2.75) is 139 Å². The highest BCUT2D eigenvalue weighted by Crippen LogP contribution is 2.24. The SMILES string of the molecule is CC([18F])C(=O)N[C@H]1CSSC[C@@H](C(=O)O)NC(=O)[C@H](C)NC(=O)[C@H](Cc2c[nH]c3ccccc23)NC(=O)[C@H](C)NC(=O)[C@H]([C@@H](C)O)NC(=O)C(CCC(=O)O)NC(=O)[C@H](CCCN=C(N)N)NC(=O)C(CCCN=C(N)N)NC1=O. The summed E-state index contributed by atoms with van der Waals surface area (Å²) in [5, 5.41) is 52.7. The Hall–Kier alpha value is -7.94. The Morgan fingerprint density at radius 2 is 1.15 bits per heavy atom. The number of rotatable bonds is 17. The third-order valence-electron chi connectivity index (χ3n) is 11.9. The zero-order chi connectivity index (χ0) is 59.8. The predicted octanol–water partition coefficient (Wildman–Crippen LogP) is -4.70. The molecule has 30 nitrogen and oxygen atoms in total. The Morgan fingerprint density at radius 1 is 0.662 bits per heavy atom. The number of amides is 9. The molecular weight excluding hydrogens is 1090 g/mol. The fourth-order valence-electron chi connectivity index (χ4n) is 7.51. The van der Waals surface area contributed by atoms with Crippen LogP contribution < -0.4 is 70.8 Å². The van der Waals surface area contributed by atoms with Crippen molar-refractivity contribution in [1.29, 1.82) is 0 Å². The summed E-state index contributed by atoms with van der Waals surface area (Å²) in [5.41, 5.74) is 23.1. The van der Waals surface area contributed by atoms with E-state index in [9.17, 15) is 72.4 Å². The van der Waals surface area contributed by atoms with Gasteiger partial charge in [-0.05, 0) is 71.4 Å². The zero-order valence-corrected chi connectivity index (χ0v) is 45.9. The number of carbonyl (C=O) groups excluding carboxylic acids is 9. The quantitative estimate of drug-likeness (QED) is 0.0306. The Labute approximate surface area is 466 Å². The van der Waals surface area contributed by atoms with Crippen molar-refractivity contribution in [1.82, 2.24) is 52.8 Å². The van der Waals surface area contributed by atoms with Gasteiger partial charge in [-0.1, -0.05) is 39.8 Å². The number of carboxylic acids is 2. The highest BCUT2D eigenvalue weighted by atomic mass is 33.1. The summed E-state index contributed by atoms with van der Waals surface area (Å²) in [6.45, 7) is 4.28. The number of carbonyl (C=O) groups is 11. The minimum atomic E-state index is -2.14. The lowest BCUT2D eigenvalue weighted by atomic mass is 10.0. The Bertz CT molecular complexity index is 2600. The summed E-state index contributed by atoms with van der Waals surface area (Å²) in [6, 6.07) is -7.49. The number of H-pyrrole nitrogens is 1. The molecule has 3 unspecified atom stereocenters. The maximum atomic E-state index is 14.3. The molecule has 0 aliphatic carbocycles. The van der Waals surface area contributed by atoms with Crippen LogP contribution in [0.5, 0.6) is 0 Å². The van der Waals surface area contributed by atoms with E-state index in [2.05, 4.69) is 62.8 Å². The maximum Gasteiger partial charge on any atom is 0.327 e. The number of hydrogen-bond acceptors (Lipinski definition) is 16. The molecule has 11 atom stereocenters. The highest BCUT2D eigenvalue weighted by Gasteiger charge is 2.36. The summed E-state index contributed by atoms with van der Waals surface area (Å²) < 4.78 is 14.3. The molecule has 3 rings (SSSR count). The van der Waals surface area contributed by atoms with Gasteiger partial charge in [0.05, 0.1) is 6.10 Å². The van der Waals surface area contributed by atoms with Gasteiger partial charge in [0.1, 0.15) is 54.4 Å². The second-order valence-corrected chi connectivity index (χ2v) is 21.0. The second kappa shape index (κ2) is 32.8. The van der Waals surface area contributed by atoms with Crippen LogP contribution in [0.1, 0.15) is 71.8 Å². The number of fused-ring (bicyclic) bond motifs is 1. The molecule has 0 saturated carbocycles. The number of aliphatic imine (C=N–C) groups is 2. The fourth-order valence-corrected chi connectivity index (χ4v) is 9.82. The van der Waals surface area contributed by atoms with Crippen LogP contribution in [0.15, 0.2) is 40.4 Å². The average molecular weight is 1170 g/mol. The number of nitrogens with one attached hydrogen (secondary N) is 10. The number of aromatic nitrogens is 1. The van der Waals surface area contributed by atoms with Crippen molar-refractivity contribution in [2.75, 3.05) is 24.6 Å². The van der Waals surface area contributed by atoms with Crippen molar-refractivity contribution in [3.8, 4) is 0 Å². The molecule has 9 amide bonds. The summed E-state index contributed by atoms with van der Waals surface area (Å²) in [5.74, 6) is -14.0. The van der Waals surface area contributed by atoms with Gasteiger partial charge in [-0.3, -0.25) is 57.9 Å². The van der Waals surface area contributed by atoms with Crippen molar-refractivity contribution >= 4 is 110 Å². The molecular formula is C47H71FN16O14S2. The van der Waals surface area contributed by atoms with E-state index in [1.807, 2.05) is 0 Å². The zero-order valence-electron chi connectivity index (χ0n) is 44.2. The molecule has 1 aromatic heterocycles. The van der Waals surface area contributed by atoms with Gasteiger partial charge in [-0.2, -0.15) is 0 Å². The van der Waals surface area contributed by atoms with Crippen LogP contribution in [-0.4, -0.2) is 189 Å². The molecule has 0 radical (unpaired) electrons. The Balaban J connectivity index is 2.15. The van der Waals surface area contributed by atoms with Crippen LogP contribution in [0, 0.1) is 0 Å². The molecule has 33 heteroatoms. The first kappa shape index (κ1) is 66.3. The number of benzene rings is 1. The van der Waals surface area contributed by atoms with Gasteiger partial charge in [0.25, 0.3) is 5.91 Å². The number of alkyl halides is 1. The third kappa shape index (κ3) is 22.4. The van der Waals surface area contributed by atoms with E-state index >= 15 is 0 Å². The van der Waals surface area contributed by atoms with E-state index in [-0.39, 0.29) is 62.9 Å².